The molecular weight excluding hydrogens is 264 g/mol. The lowest BCUT2D eigenvalue weighted by atomic mass is 9.80. The van der Waals surface area contributed by atoms with E-state index in [1.807, 2.05) is 0 Å². The Morgan fingerprint density at radius 2 is 1.67 bits per heavy atom. The highest BCUT2D eigenvalue weighted by molar-refractivity contribution is 5.01. The third-order valence-corrected chi connectivity index (χ3v) is 5.41. The van der Waals surface area contributed by atoms with Crippen molar-refractivity contribution in [1.29, 1.82) is 0 Å². The molecule has 118 valence electrons. The Kier molecular flexibility index (Phi) is 4.94. The van der Waals surface area contributed by atoms with Gasteiger partial charge in [0.1, 0.15) is 0 Å². The van der Waals surface area contributed by atoms with Gasteiger partial charge in [0.05, 0.1) is 6.10 Å². The zero-order valence-corrected chi connectivity index (χ0v) is 13.1. The summed E-state index contributed by atoms with van der Waals surface area (Å²) in [6, 6.07) is 0. The lowest BCUT2D eigenvalue weighted by Gasteiger charge is -2.26. The summed E-state index contributed by atoms with van der Waals surface area (Å²) >= 11 is 0. The standard InChI is InChI=1S/C17H28N2O2/c1-2-3-12-4-6-13(7-5-12)16-18-17(21-19-16)14-8-10-15(20)11-9-14/h12-15,20H,2-11H2,1H3. The number of aliphatic hydroxyl groups excluding tert-OH is 1. The Morgan fingerprint density at radius 1 is 1.00 bits per heavy atom. The average Bonchev–Trinajstić information content (AvgIpc) is 2.99. The van der Waals surface area contributed by atoms with Crippen molar-refractivity contribution in [2.75, 3.05) is 0 Å². The summed E-state index contributed by atoms with van der Waals surface area (Å²) < 4.78 is 5.52. The first-order valence-electron chi connectivity index (χ1n) is 8.77. The predicted molar refractivity (Wildman–Crippen MR) is 81.1 cm³/mol. The fourth-order valence-corrected chi connectivity index (χ4v) is 4.02. The fraction of sp³-hybridized carbons (Fsp3) is 0.882. The summed E-state index contributed by atoms with van der Waals surface area (Å²) in [7, 11) is 0. The van der Waals surface area contributed by atoms with Crippen molar-refractivity contribution in [1.82, 2.24) is 10.1 Å². The molecule has 2 fully saturated rings. The molecule has 0 unspecified atom stereocenters. The van der Waals surface area contributed by atoms with Gasteiger partial charge in [-0.2, -0.15) is 4.98 Å². The van der Waals surface area contributed by atoms with Crippen LogP contribution in [0.1, 0.15) is 94.7 Å². The molecule has 2 saturated carbocycles. The van der Waals surface area contributed by atoms with Crippen LogP contribution in [0.15, 0.2) is 4.52 Å². The van der Waals surface area contributed by atoms with Crippen LogP contribution in [-0.4, -0.2) is 21.4 Å². The SMILES string of the molecule is CCCC1CCC(c2noc(C3CCC(O)CC3)n2)CC1. The maximum Gasteiger partial charge on any atom is 0.229 e. The summed E-state index contributed by atoms with van der Waals surface area (Å²) in [6.45, 7) is 2.28. The van der Waals surface area contributed by atoms with Crippen LogP contribution in [0.4, 0.5) is 0 Å². The zero-order chi connectivity index (χ0) is 14.7. The number of nitrogens with zero attached hydrogens (tertiary/aromatic N) is 2. The largest absolute Gasteiger partial charge is 0.393 e. The predicted octanol–water partition coefficient (Wildman–Crippen LogP) is 4.16. The van der Waals surface area contributed by atoms with Gasteiger partial charge in [-0.25, -0.2) is 0 Å². The molecule has 0 atom stereocenters. The highest BCUT2D eigenvalue weighted by atomic mass is 16.5. The van der Waals surface area contributed by atoms with Crippen molar-refractivity contribution >= 4 is 0 Å². The van der Waals surface area contributed by atoms with Gasteiger partial charge in [-0.1, -0.05) is 24.9 Å². The van der Waals surface area contributed by atoms with Crippen LogP contribution in [-0.2, 0) is 0 Å². The average molecular weight is 292 g/mol. The van der Waals surface area contributed by atoms with E-state index in [0.717, 1.165) is 43.3 Å². The first-order valence-corrected chi connectivity index (χ1v) is 8.77. The molecule has 0 spiro atoms. The molecule has 0 amide bonds. The molecule has 1 aromatic heterocycles. The number of hydrogen-bond acceptors (Lipinski definition) is 4. The van der Waals surface area contributed by atoms with E-state index in [1.165, 1.54) is 38.5 Å². The van der Waals surface area contributed by atoms with Crippen LogP contribution < -0.4 is 0 Å². The molecule has 0 saturated heterocycles. The molecule has 0 radical (unpaired) electrons. The molecule has 2 aliphatic carbocycles. The van der Waals surface area contributed by atoms with E-state index in [-0.39, 0.29) is 6.10 Å². The van der Waals surface area contributed by atoms with Gasteiger partial charge in [0.2, 0.25) is 5.89 Å². The maximum atomic E-state index is 9.58. The van der Waals surface area contributed by atoms with Crippen molar-refractivity contribution in [3.8, 4) is 0 Å². The normalized spacial score (nSPS) is 34.0. The number of aromatic nitrogens is 2. The molecular formula is C17H28N2O2. The van der Waals surface area contributed by atoms with E-state index in [0.29, 0.717) is 11.8 Å². The van der Waals surface area contributed by atoms with Crippen molar-refractivity contribution in [2.24, 2.45) is 5.92 Å². The van der Waals surface area contributed by atoms with Crippen molar-refractivity contribution < 1.29 is 9.63 Å². The Balaban J connectivity index is 1.56. The van der Waals surface area contributed by atoms with Crippen LogP contribution >= 0.6 is 0 Å². The molecule has 1 aromatic rings. The number of aliphatic hydroxyl groups is 1. The van der Waals surface area contributed by atoms with Crippen LogP contribution in [0.3, 0.4) is 0 Å². The van der Waals surface area contributed by atoms with Gasteiger partial charge in [-0.05, 0) is 57.3 Å². The van der Waals surface area contributed by atoms with Gasteiger partial charge >= 0.3 is 0 Å². The van der Waals surface area contributed by atoms with E-state index in [1.54, 1.807) is 0 Å². The molecule has 21 heavy (non-hydrogen) atoms. The molecule has 4 heteroatoms. The molecule has 0 aromatic carbocycles. The summed E-state index contributed by atoms with van der Waals surface area (Å²) in [5.41, 5.74) is 0. The highest BCUT2D eigenvalue weighted by Crippen LogP contribution is 2.38. The third-order valence-electron chi connectivity index (χ3n) is 5.41. The topological polar surface area (TPSA) is 59.2 Å². The van der Waals surface area contributed by atoms with E-state index in [2.05, 4.69) is 12.1 Å². The molecule has 0 aliphatic heterocycles. The highest BCUT2D eigenvalue weighted by Gasteiger charge is 2.29. The summed E-state index contributed by atoms with van der Waals surface area (Å²) in [6.07, 6.45) is 11.3. The second-order valence-electron chi connectivity index (χ2n) is 7.00. The van der Waals surface area contributed by atoms with Gasteiger partial charge in [0, 0.05) is 11.8 Å². The van der Waals surface area contributed by atoms with Gasteiger partial charge in [-0.15, -0.1) is 0 Å². The maximum absolute atomic E-state index is 9.58. The molecule has 1 heterocycles. The zero-order valence-electron chi connectivity index (χ0n) is 13.1. The van der Waals surface area contributed by atoms with Crippen LogP contribution in [0.2, 0.25) is 0 Å². The molecule has 3 rings (SSSR count). The minimum atomic E-state index is -0.127. The number of hydrogen-bond donors (Lipinski definition) is 1. The second kappa shape index (κ2) is 6.91. The van der Waals surface area contributed by atoms with Crippen molar-refractivity contribution in [3.05, 3.63) is 11.7 Å². The Hall–Kier alpha value is -0.900. The third kappa shape index (κ3) is 3.65. The van der Waals surface area contributed by atoms with Gasteiger partial charge in [0.15, 0.2) is 5.82 Å². The molecule has 1 N–H and O–H groups in total. The van der Waals surface area contributed by atoms with Crippen molar-refractivity contribution in [2.45, 2.75) is 89.1 Å². The van der Waals surface area contributed by atoms with Gasteiger partial charge in [-0.3, -0.25) is 0 Å². The Morgan fingerprint density at radius 3 is 2.33 bits per heavy atom. The quantitative estimate of drug-likeness (QED) is 0.905. The smallest absolute Gasteiger partial charge is 0.229 e. The molecule has 2 aliphatic rings. The summed E-state index contributed by atoms with van der Waals surface area (Å²) in [5.74, 6) is 3.53. The first-order chi connectivity index (χ1) is 10.3. The Labute approximate surface area is 127 Å². The number of rotatable bonds is 4. The van der Waals surface area contributed by atoms with E-state index >= 15 is 0 Å². The van der Waals surface area contributed by atoms with E-state index < -0.39 is 0 Å². The summed E-state index contributed by atoms with van der Waals surface area (Å²) in [5, 5.41) is 13.8. The monoisotopic (exact) mass is 292 g/mol. The Bertz CT molecular complexity index is 430. The summed E-state index contributed by atoms with van der Waals surface area (Å²) in [4.78, 5) is 4.69. The lowest BCUT2D eigenvalue weighted by molar-refractivity contribution is 0.116. The minimum Gasteiger partial charge on any atom is -0.393 e. The molecule has 4 nitrogen and oxygen atoms in total. The van der Waals surface area contributed by atoms with E-state index in [4.69, 9.17) is 9.51 Å². The first kappa shape index (κ1) is 15.0. The fourth-order valence-electron chi connectivity index (χ4n) is 4.02. The van der Waals surface area contributed by atoms with E-state index in [9.17, 15) is 5.11 Å². The van der Waals surface area contributed by atoms with Crippen LogP contribution in [0.5, 0.6) is 0 Å². The lowest BCUT2D eigenvalue weighted by Crippen LogP contribution is -2.17. The molecule has 0 bridgehead atoms. The van der Waals surface area contributed by atoms with Crippen molar-refractivity contribution in [3.63, 3.8) is 0 Å². The van der Waals surface area contributed by atoms with Crippen LogP contribution in [0, 0.1) is 5.92 Å². The van der Waals surface area contributed by atoms with Gasteiger partial charge < -0.3 is 9.63 Å². The van der Waals surface area contributed by atoms with Gasteiger partial charge in [0.25, 0.3) is 0 Å². The minimum absolute atomic E-state index is 0.127. The second-order valence-corrected chi connectivity index (χ2v) is 7.00. The van der Waals surface area contributed by atoms with Crippen LogP contribution in [0.25, 0.3) is 0 Å².